The van der Waals surface area contributed by atoms with Gasteiger partial charge in [0.1, 0.15) is 18.2 Å². The Balaban J connectivity index is 1.08. The standard InChI is InChI=1S/C34H33FN4O5/c1-36-24-8-6-23(26(35)17-24)20-43-31-5-3-4-29(38-31)33-11-13-34(14-12-33,44-21-33)18-30-37-27-9-7-22(32(40)41-2)16-28(27)39(30)19-25-10-15-42-25/h3-9,16-17,25H,10-15,18-21H2,2H3/t25-,33?,34?/m0/s1. The molecule has 0 spiro atoms. The van der Waals surface area contributed by atoms with E-state index in [9.17, 15) is 9.18 Å². The zero-order valence-electron chi connectivity index (χ0n) is 24.6. The second-order valence-corrected chi connectivity index (χ2v) is 12.1. The fourth-order valence-corrected chi connectivity index (χ4v) is 6.66. The third-order valence-electron chi connectivity index (χ3n) is 9.49. The first-order valence-electron chi connectivity index (χ1n) is 15.0. The van der Waals surface area contributed by atoms with Gasteiger partial charge in [0.15, 0.2) is 5.69 Å². The first kappa shape index (κ1) is 28.4. The summed E-state index contributed by atoms with van der Waals surface area (Å²) in [6.07, 6.45) is 5.39. The quantitative estimate of drug-likeness (QED) is 0.170. The van der Waals surface area contributed by atoms with E-state index in [4.69, 9.17) is 35.5 Å². The molecular weight excluding hydrogens is 563 g/mol. The van der Waals surface area contributed by atoms with E-state index in [0.717, 1.165) is 61.3 Å². The van der Waals surface area contributed by atoms with Crippen LogP contribution in [0.5, 0.6) is 5.88 Å². The van der Waals surface area contributed by atoms with E-state index in [1.54, 1.807) is 24.3 Å². The van der Waals surface area contributed by atoms with Gasteiger partial charge in [-0.05, 0) is 62.4 Å². The molecule has 1 saturated carbocycles. The second kappa shape index (κ2) is 11.3. The largest absolute Gasteiger partial charge is 0.473 e. The minimum absolute atomic E-state index is 0.0290. The van der Waals surface area contributed by atoms with E-state index in [1.807, 2.05) is 24.3 Å². The summed E-state index contributed by atoms with van der Waals surface area (Å²) in [6.45, 7) is 9.08. The van der Waals surface area contributed by atoms with Crippen molar-refractivity contribution in [2.75, 3.05) is 20.3 Å². The third-order valence-corrected chi connectivity index (χ3v) is 9.49. The predicted molar refractivity (Wildman–Crippen MR) is 159 cm³/mol. The van der Waals surface area contributed by atoms with E-state index >= 15 is 0 Å². The molecular formula is C34H33FN4O5. The average Bonchev–Trinajstić information content (AvgIpc) is 3.37. The van der Waals surface area contributed by atoms with Gasteiger partial charge in [0.25, 0.3) is 0 Å². The molecule has 2 aromatic heterocycles. The lowest BCUT2D eigenvalue weighted by molar-refractivity contribution is -0.158. The normalized spacial score (nSPS) is 24.1. The Morgan fingerprint density at radius 2 is 1.98 bits per heavy atom. The molecule has 4 aromatic rings. The summed E-state index contributed by atoms with van der Waals surface area (Å²) in [5.74, 6) is 0.544. The molecule has 44 heavy (non-hydrogen) atoms. The number of benzene rings is 2. The predicted octanol–water partition coefficient (Wildman–Crippen LogP) is 6.10. The summed E-state index contributed by atoms with van der Waals surface area (Å²) in [4.78, 5) is 25.4. The summed E-state index contributed by atoms with van der Waals surface area (Å²) in [5, 5.41) is 0. The van der Waals surface area contributed by atoms with Crippen molar-refractivity contribution < 1.29 is 28.1 Å². The molecule has 1 atom stereocenters. The fraction of sp³-hybridized carbons (Fsp3) is 0.412. The monoisotopic (exact) mass is 596 g/mol. The SMILES string of the molecule is [C-]#[N+]c1ccc(COc2cccc(C34CCC(Cc5nc6ccc(C(=O)OC)cc6n5C[C@@H]5CCO5)(CC3)OC4)n2)c(F)c1. The van der Waals surface area contributed by atoms with E-state index in [-0.39, 0.29) is 35.4 Å². The van der Waals surface area contributed by atoms with Crippen LogP contribution in [0, 0.1) is 12.4 Å². The lowest BCUT2D eigenvalue weighted by Gasteiger charge is -2.53. The molecule has 2 aromatic carbocycles. The Morgan fingerprint density at radius 1 is 1.14 bits per heavy atom. The van der Waals surface area contributed by atoms with Gasteiger partial charge in [0.2, 0.25) is 5.88 Å². The van der Waals surface area contributed by atoms with Crippen molar-refractivity contribution >= 4 is 22.7 Å². The number of aromatic nitrogens is 3. The molecule has 2 bridgehead atoms. The smallest absolute Gasteiger partial charge is 0.337 e. The highest BCUT2D eigenvalue weighted by Gasteiger charge is 2.52. The number of ether oxygens (including phenoxy) is 4. The van der Waals surface area contributed by atoms with Crippen LogP contribution in [0.4, 0.5) is 10.1 Å². The lowest BCUT2D eigenvalue weighted by Crippen LogP contribution is -2.54. The van der Waals surface area contributed by atoms with Crippen LogP contribution < -0.4 is 4.74 Å². The minimum atomic E-state index is -0.463. The summed E-state index contributed by atoms with van der Waals surface area (Å²) in [7, 11) is 1.39. The number of methoxy groups -OCH3 is 1. The Hall–Kier alpha value is -4.33. The molecule has 226 valence electrons. The number of imidazole rings is 1. The van der Waals surface area contributed by atoms with Crippen LogP contribution in [0.25, 0.3) is 15.9 Å². The van der Waals surface area contributed by atoms with Gasteiger partial charge in [-0.3, -0.25) is 0 Å². The van der Waals surface area contributed by atoms with E-state index in [1.165, 1.54) is 13.2 Å². The maximum Gasteiger partial charge on any atom is 0.337 e. The van der Waals surface area contributed by atoms with Crippen molar-refractivity contribution in [1.29, 1.82) is 0 Å². The highest BCUT2D eigenvalue weighted by Crippen LogP contribution is 2.51. The highest BCUT2D eigenvalue weighted by molar-refractivity contribution is 5.93. The number of hydrogen-bond acceptors (Lipinski definition) is 7. The van der Waals surface area contributed by atoms with Gasteiger partial charge in [0, 0.05) is 30.1 Å². The lowest BCUT2D eigenvalue weighted by atomic mass is 9.63. The Bertz CT molecular complexity index is 1750. The Morgan fingerprint density at radius 3 is 2.66 bits per heavy atom. The van der Waals surface area contributed by atoms with Crippen LogP contribution in [0.2, 0.25) is 0 Å². The van der Waals surface area contributed by atoms with Crippen molar-refractivity contribution in [1.82, 2.24) is 14.5 Å². The number of fused-ring (bicyclic) bond motifs is 4. The first-order valence-corrected chi connectivity index (χ1v) is 15.0. The summed E-state index contributed by atoms with van der Waals surface area (Å²) < 4.78 is 39.9. The Labute approximate surface area is 254 Å². The van der Waals surface area contributed by atoms with E-state index in [0.29, 0.717) is 36.6 Å². The van der Waals surface area contributed by atoms with Crippen LogP contribution in [0.3, 0.4) is 0 Å². The molecule has 4 aliphatic rings. The molecule has 5 heterocycles. The third kappa shape index (κ3) is 5.20. The number of carbonyl (C=O) groups is 1. The Kier molecular flexibility index (Phi) is 7.31. The molecule has 0 radical (unpaired) electrons. The van der Waals surface area contributed by atoms with Crippen LogP contribution in [-0.2, 0) is 39.2 Å². The van der Waals surface area contributed by atoms with Crippen LogP contribution in [-0.4, -0.2) is 52.5 Å². The number of esters is 1. The van der Waals surface area contributed by atoms with Crippen LogP contribution in [0.1, 0.15) is 59.5 Å². The topological polar surface area (TPSA) is 89.1 Å². The number of carbonyl (C=O) groups excluding carboxylic acids is 1. The van der Waals surface area contributed by atoms with Gasteiger partial charge in [-0.15, -0.1) is 0 Å². The van der Waals surface area contributed by atoms with Crippen LogP contribution in [0.15, 0.2) is 54.6 Å². The zero-order valence-corrected chi connectivity index (χ0v) is 24.6. The maximum atomic E-state index is 14.4. The molecule has 0 unspecified atom stereocenters. The van der Waals surface area contributed by atoms with Crippen molar-refractivity contribution in [2.24, 2.45) is 0 Å². The molecule has 3 saturated heterocycles. The van der Waals surface area contributed by atoms with E-state index < -0.39 is 5.82 Å². The number of halogens is 1. The minimum Gasteiger partial charge on any atom is -0.473 e. The van der Waals surface area contributed by atoms with E-state index in [2.05, 4.69) is 9.41 Å². The molecule has 1 aliphatic carbocycles. The second-order valence-electron chi connectivity index (χ2n) is 12.1. The van der Waals surface area contributed by atoms with Gasteiger partial charge >= 0.3 is 5.97 Å². The van der Waals surface area contributed by atoms with Gasteiger partial charge in [-0.1, -0.05) is 18.2 Å². The average molecular weight is 597 g/mol. The fourth-order valence-electron chi connectivity index (χ4n) is 6.66. The molecule has 3 aliphatic heterocycles. The number of hydrogen-bond donors (Lipinski definition) is 0. The molecule has 9 nitrogen and oxygen atoms in total. The van der Waals surface area contributed by atoms with Crippen molar-refractivity contribution in [3.8, 4) is 5.88 Å². The van der Waals surface area contributed by atoms with Crippen molar-refractivity contribution in [3.05, 3.63) is 94.5 Å². The molecule has 0 amide bonds. The number of nitrogens with zero attached hydrogens (tertiary/aromatic N) is 4. The number of pyridine rings is 1. The van der Waals surface area contributed by atoms with Gasteiger partial charge in [0.05, 0.1) is 60.8 Å². The molecule has 0 N–H and O–H groups in total. The molecule has 10 heteroatoms. The summed E-state index contributed by atoms with van der Waals surface area (Å²) in [5.41, 5.74) is 3.27. The molecule has 4 fully saturated rings. The number of rotatable bonds is 9. The molecule has 8 rings (SSSR count). The summed E-state index contributed by atoms with van der Waals surface area (Å²) in [6, 6.07) is 15.6. The van der Waals surface area contributed by atoms with Gasteiger partial charge < -0.3 is 23.5 Å². The van der Waals surface area contributed by atoms with Crippen LogP contribution >= 0.6 is 0 Å². The van der Waals surface area contributed by atoms with Gasteiger partial charge in [-0.2, -0.15) is 0 Å². The van der Waals surface area contributed by atoms with Crippen molar-refractivity contribution in [3.63, 3.8) is 0 Å². The maximum absolute atomic E-state index is 14.4. The first-order chi connectivity index (χ1) is 21.4. The highest BCUT2D eigenvalue weighted by atomic mass is 19.1. The van der Waals surface area contributed by atoms with Crippen molar-refractivity contribution in [2.45, 2.75) is 68.8 Å². The zero-order chi connectivity index (χ0) is 30.3. The summed E-state index contributed by atoms with van der Waals surface area (Å²) >= 11 is 0. The van der Waals surface area contributed by atoms with Gasteiger partial charge in [-0.25, -0.2) is 24.0 Å².